The van der Waals surface area contributed by atoms with E-state index in [0.29, 0.717) is 52.1 Å². The number of nitrogens with one attached hydrogen (secondary N) is 3. The van der Waals surface area contributed by atoms with Gasteiger partial charge in [-0.25, -0.2) is 0 Å². The van der Waals surface area contributed by atoms with E-state index in [0.717, 1.165) is 48.4 Å². The molecular weight excluding hydrogens is 700 g/mol. The monoisotopic (exact) mass is 750 g/mol. The van der Waals surface area contributed by atoms with E-state index in [1.54, 1.807) is 0 Å². The molecule has 0 radical (unpaired) electrons. The molecule has 0 saturated carbocycles. The van der Waals surface area contributed by atoms with Gasteiger partial charge >= 0.3 is 0 Å². The number of piperidine rings is 2. The third-order valence-corrected chi connectivity index (χ3v) is 10.7. The average molecular weight is 751 g/mol. The van der Waals surface area contributed by atoms with Crippen molar-refractivity contribution in [1.29, 1.82) is 0 Å². The number of benzene rings is 4. The van der Waals surface area contributed by atoms with Gasteiger partial charge in [0.05, 0.1) is 19.8 Å². The largest absolute Gasteiger partial charge is 0.342 e. The number of carbonyl (C=O) groups excluding carboxylic acids is 4. The Morgan fingerprint density at radius 2 is 0.963 bits per heavy atom. The highest BCUT2D eigenvalue weighted by Crippen LogP contribution is 2.37. The van der Waals surface area contributed by atoms with Crippen molar-refractivity contribution in [2.24, 2.45) is 0 Å². The molecule has 54 heavy (non-hydrogen) atoms. The third-order valence-electron chi connectivity index (χ3n) is 10.6. The number of carbonyl (C=O) groups is 4. The Kier molecular flexibility index (Phi) is 13.9. The molecule has 0 bridgehead atoms. The molecule has 0 atom stereocenters. The Morgan fingerprint density at radius 3 is 1.39 bits per heavy atom. The van der Waals surface area contributed by atoms with Gasteiger partial charge in [0, 0.05) is 30.9 Å². The van der Waals surface area contributed by atoms with E-state index in [-0.39, 0.29) is 35.9 Å². The molecular formula is C43H51ClN6O4. The standard InChI is InChI=1S/C21H23N3O2.C13H17N3O.C8H7ClO.CH4/c25-19(15-17-7-3-1-4-8-17)23-13-11-21(12-14-23)20(26)22-16-24(21)18-9-5-2-6-10-18;17-12-13(6-8-14-9-7-13)16(10-15-12)11-4-2-1-3-5-11;9-8(10)6-7-4-2-1-3-5-7;/h1-10H,11-16H2,(H,22,26);1-5,14H,6-10H2,(H,15,17);1-5H,6H2;1H4. The maximum Gasteiger partial charge on any atom is 0.247 e. The molecule has 4 aliphatic heterocycles. The van der Waals surface area contributed by atoms with Gasteiger partial charge in [0.25, 0.3) is 0 Å². The first-order valence-electron chi connectivity index (χ1n) is 18.3. The fraction of sp³-hybridized carbons (Fsp3) is 0.349. The zero-order chi connectivity index (χ0) is 37.1. The molecule has 3 amide bonds. The van der Waals surface area contributed by atoms with Crippen molar-refractivity contribution in [3.8, 4) is 0 Å². The minimum Gasteiger partial charge on any atom is -0.342 e. The van der Waals surface area contributed by atoms with Crippen LogP contribution in [0.15, 0.2) is 121 Å². The smallest absolute Gasteiger partial charge is 0.247 e. The number of anilines is 2. The molecule has 4 saturated heterocycles. The van der Waals surface area contributed by atoms with Crippen molar-refractivity contribution in [2.75, 3.05) is 49.3 Å². The summed E-state index contributed by atoms with van der Waals surface area (Å²) in [7, 11) is 0. The predicted octanol–water partition coefficient (Wildman–Crippen LogP) is 5.52. The van der Waals surface area contributed by atoms with Crippen molar-refractivity contribution in [1.82, 2.24) is 20.9 Å². The Balaban J connectivity index is 0.000000172. The summed E-state index contributed by atoms with van der Waals surface area (Å²) in [5, 5.41) is 8.99. The van der Waals surface area contributed by atoms with Crippen molar-refractivity contribution < 1.29 is 19.2 Å². The van der Waals surface area contributed by atoms with Gasteiger partial charge in [-0.05, 0) is 85.8 Å². The topological polar surface area (TPSA) is 114 Å². The minimum atomic E-state index is -0.537. The molecule has 3 N–H and O–H groups in total. The highest BCUT2D eigenvalue weighted by Gasteiger charge is 2.51. The van der Waals surface area contributed by atoms with Crippen LogP contribution in [0.5, 0.6) is 0 Å². The maximum absolute atomic E-state index is 12.6. The summed E-state index contributed by atoms with van der Waals surface area (Å²) >= 11 is 5.17. The van der Waals surface area contributed by atoms with E-state index in [4.69, 9.17) is 11.6 Å². The van der Waals surface area contributed by atoms with Crippen molar-refractivity contribution in [3.05, 3.63) is 132 Å². The highest BCUT2D eigenvalue weighted by atomic mass is 35.5. The quantitative estimate of drug-likeness (QED) is 0.223. The van der Waals surface area contributed by atoms with Crippen LogP contribution in [0, 0.1) is 0 Å². The molecule has 4 fully saturated rings. The third kappa shape index (κ3) is 9.29. The van der Waals surface area contributed by atoms with Gasteiger partial charge in [-0.2, -0.15) is 0 Å². The van der Waals surface area contributed by atoms with Crippen molar-refractivity contribution in [3.63, 3.8) is 0 Å². The Morgan fingerprint density at radius 1 is 0.574 bits per heavy atom. The van der Waals surface area contributed by atoms with E-state index in [2.05, 4.69) is 37.9 Å². The lowest BCUT2D eigenvalue weighted by Crippen LogP contribution is -2.57. The first kappa shape index (κ1) is 40.0. The van der Waals surface area contributed by atoms with Gasteiger partial charge in [0.15, 0.2) is 0 Å². The average Bonchev–Trinajstić information content (AvgIpc) is 3.68. The lowest BCUT2D eigenvalue weighted by Gasteiger charge is -2.43. The first-order chi connectivity index (χ1) is 25.8. The SMILES string of the molecule is C.O=C(Cc1ccccc1)N1CCC2(CC1)C(=O)NCN2c1ccccc1.O=C(Cl)Cc1ccccc1.O=C1NCN(c2ccccc2)C12CCNCC2. The number of hydrogen-bond acceptors (Lipinski definition) is 7. The van der Waals surface area contributed by atoms with Crippen molar-refractivity contribution >= 4 is 45.9 Å². The summed E-state index contributed by atoms with van der Waals surface area (Å²) in [5.74, 6) is 0.398. The van der Waals surface area contributed by atoms with E-state index < -0.39 is 5.54 Å². The molecule has 4 aliphatic rings. The summed E-state index contributed by atoms with van der Waals surface area (Å²) in [5.41, 5.74) is 3.31. The predicted molar refractivity (Wildman–Crippen MR) is 215 cm³/mol. The molecule has 4 aromatic rings. The van der Waals surface area contributed by atoms with Crippen LogP contribution in [0.1, 0.15) is 44.2 Å². The van der Waals surface area contributed by atoms with Crippen LogP contribution in [-0.2, 0) is 32.0 Å². The van der Waals surface area contributed by atoms with Crippen LogP contribution < -0.4 is 25.8 Å². The zero-order valence-corrected chi connectivity index (χ0v) is 30.6. The second kappa shape index (κ2) is 18.7. The minimum absolute atomic E-state index is 0. The summed E-state index contributed by atoms with van der Waals surface area (Å²) in [6.45, 7) is 4.21. The summed E-state index contributed by atoms with van der Waals surface area (Å²) < 4.78 is 0. The number of amides is 3. The summed E-state index contributed by atoms with van der Waals surface area (Å²) in [4.78, 5) is 54.1. The number of hydrogen-bond donors (Lipinski definition) is 3. The zero-order valence-electron chi connectivity index (χ0n) is 29.9. The van der Waals surface area contributed by atoms with E-state index in [1.807, 2.05) is 114 Å². The normalized spacial score (nSPS) is 18.0. The molecule has 10 nitrogen and oxygen atoms in total. The van der Waals surface area contributed by atoms with Crippen LogP contribution in [0.2, 0.25) is 0 Å². The molecule has 0 aliphatic carbocycles. The van der Waals surface area contributed by atoms with Gasteiger partial charge in [-0.15, -0.1) is 0 Å². The second-order valence-electron chi connectivity index (χ2n) is 13.7. The van der Waals surface area contributed by atoms with Gasteiger partial charge in [0.2, 0.25) is 23.0 Å². The number of nitrogens with zero attached hydrogens (tertiary/aromatic N) is 3. The fourth-order valence-corrected chi connectivity index (χ4v) is 7.82. The van der Waals surface area contributed by atoms with Gasteiger partial charge < -0.3 is 30.7 Å². The van der Waals surface area contributed by atoms with Crippen LogP contribution >= 0.6 is 11.6 Å². The summed E-state index contributed by atoms with van der Waals surface area (Å²) in [6, 6.07) is 39.5. The maximum atomic E-state index is 12.6. The second-order valence-corrected chi connectivity index (χ2v) is 14.2. The molecule has 284 valence electrons. The van der Waals surface area contributed by atoms with Crippen LogP contribution in [0.3, 0.4) is 0 Å². The lowest BCUT2D eigenvalue weighted by molar-refractivity contribution is -0.134. The van der Waals surface area contributed by atoms with Crippen LogP contribution in [-0.4, -0.2) is 78.5 Å². The molecule has 4 heterocycles. The molecule has 4 aromatic carbocycles. The summed E-state index contributed by atoms with van der Waals surface area (Å²) in [6.07, 6.45) is 3.83. The number of para-hydroxylation sites is 2. The molecule has 0 aromatic heterocycles. The van der Waals surface area contributed by atoms with Crippen molar-refractivity contribution in [2.45, 2.75) is 57.0 Å². The number of likely N-dealkylation sites (tertiary alicyclic amines) is 1. The highest BCUT2D eigenvalue weighted by molar-refractivity contribution is 6.63. The van der Waals surface area contributed by atoms with Gasteiger partial charge in [-0.3, -0.25) is 19.2 Å². The van der Waals surface area contributed by atoms with Crippen LogP contribution in [0.25, 0.3) is 0 Å². The fourth-order valence-electron chi connectivity index (χ4n) is 7.67. The number of rotatable bonds is 6. The Hall–Kier alpha value is -5.19. The number of halogens is 1. The molecule has 11 heteroatoms. The van der Waals surface area contributed by atoms with E-state index in [1.165, 1.54) is 0 Å². The lowest BCUT2D eigenvalue weighted by atomic mass is 9.85. The first-order valence-corrected chi connectivity index (χ1v) is 18.7. The van der Waals surface area contributed by atoms with Gasteiger partial charge in [-0.1, -0.05) is 104 Å². The Labute approximate surface area is 323 Å². The molecule has 2 spiro atoms. The molecule has 8 rings (SSSR count). The van der Waals surface area contributed by atoms with E-state index >= 15 is 0 Å². The Bertz CT molecular complexity index is 1820. The van der Waals surface area contributed by atoms with Gasteiger partial charge in [0.1, 0.15) is 11.1 Å². The van der Waals surface area contributed by atoms with E-state index in [9.17, 15) is 19.2 Å². The van der Waals surface area contributed by atoms with Crippen LogP contribution in [0.4, 0.5) is 11.4 Å². The molecule has 0 unspecified atom stereocenters.